The molecule has 8 unspecified atom stereocenters. The molecule has 0 heterocycles. The van der Waals surface area contributed by atoms with Gasteiger partial charge in [0, 0.05) is 23.7 Å². The molecule has 5 fully saturated rings. The lowest BCUT2D eigenvalue weighted by Gasteiger charge is -2.73. The van der Waals surface area contributed by atoms with E-state index in [1.807, 2.05) is 0 Å². The summed E-state index contributed by atoms with van der Waals surface area (Å²) in [5, 5.41) is 0. The minimum atomic E-state index is -0.627. The number of hydrogen-bond donors (Lipinski definition) is 0. The van der Waals surface area contributed by atoms with E-state index in [0.717, 1.165) is 44.9 Å². The zero-order valence-electron chi connectivity index (χ0n) is 24.4. The number of carbonyl (C=O) groups is 3. The first-order valence-corrected chi connectivity index (χ1v) is 14.7. The van der Waals surface area contributed by atoms with E-state index in [9.17, 15) is 14.4 Å². The average molecular weight is 499 g/mol. The lowest BCUT2D eigenvalue weighted by molar-refractivity contribution is -0.250. The fraction of sp³-hybridized carbons (Fsp3) is 0.906. The third-order valence-corrected chi connectivity index (χ3v) is 13.7. The van der Waals surface area contributed by atoms with Gasteiger partial charge in [-0.3, -0.25) is 14.4 Å². The van der Waals surface area contributed by atoms with Crippen LogP contribution in [0.25, 0.3) is 0 Å². The summed E-state index contributed by atoms with van der Waals surface area (Å²) in [5.41, 5.74) is -0.288. The Kier molecular flexibility index (Phi) is 5.64. The zero-order chi connectivity index (χ0) is 26.7. The summed E-state index contributed by atoms with van der Waals surface area (Å²) in [6, 6.07) is 0. The van der Waals surface area contributed by atoms with Gasteiger partial charge < -0.3 is 4.74 Å². The molecule has 0 bridgehead atoms. The van der Waals surface area contributed by atoms with Gasteiger partial charge in [-0.15, -0.1) is 0 Å². The number of hydrogen-bond acceptors (Lipinski definition) is 4. The molecule has 0 aliphatic heterocycles. The molecule has 9 atom stereocenters. The van der Waals surface area contributed by atoms with Crippen LogP contribution in [-0.4, -0.2) is 23.6 Å². The summed E-state index contributed by atoms with van der Waals surface area (Å²) in [6.07, 6.45) is 8.89. The van der Waals surface area contributed by atoms with Gasteiger partial charge in [0.25, 0.3) is 0 Å². The van der Waals surface area contributed by atoms with Crippen LogP contribution in [0, 0.1) is 56.2 Å². The van der Waals surface area contributed by atoms with Crippen LogP contribution >= 0.6 is 0 Å². The molecule has 0 aromatic carbocycles. The molecule has 202 valence electrons. The predicted octanol–water partition coefficient (Wildman–Crippen LogP) is 7.18. The summed E-state index contributed by atoms with van der Waals surface area (Å²) in [5.74, 6) is 1.84. The first-order valence-electron chi connectivity index (χ1n) is 14.7. The maximum absolute atomic E-state index is 13.6. The molecule has 0 N–H and O–H groups in total. The van der Waals surface area contributed by atoms with Gasteiger partial charge in [-0.2, -0.15) is 0 Å². The number of ketones is 2. The normalized spacial score (nSPS) is 51.3. The van der Waals surface area contributed by atoms with E-state index in [2.05, 4.69) is 55.4 Å². The van der Waals surface area contributed by atoms with E-state index in [1.54, 1.807) is 0 Å². The van der Waals surface area contributed by atoms with Crippen molar-refractivity contribution in [3.8, 4) is 0 Å². The fourth-order valence-electron chi connectivity index (χ4n) is 11.6. The van der Waals surface area contributed by atoms with Gasteiger partial charge in [0.05, 0.1) is 0 Å². The molecule has 36 heavy (non-hydrogen) atoms. The minimum absolute atomic E-state index is 0.0410. The summed E-state index contributed by atoms with van der Waals surface area (Å²) >= 11 is 0. The van der Waals surface area contributed by atoms with Crippen molar-refractivity contribution in [3.63, 3.8) is 0 Å². The van der Waals surface area contributed by atoms with E-state index in [1.165, 1.54) is 13.3 Å². The lowest BCUT2D eigenvalue weighted by Crippen LogP contribution is -2.69. The van der Waals surface area contributed by atoms with Crippen molar-refractivity contribution in [3.05, 3.63) is 0 Å². The molecule has 0 spiro atoms. The zero-order valence-corrected chi connectivity index (χ0v) is 24.4. The monoisotopic (exact) mass is 498 g/mol. The molecule has 5 saturated carbocycles. The standard InChI is InChI=1S/C32H50O4/c1-19(33)36-21-18-30(7)22(28(4,5)26(21)35)13-15-32(9)24(30)11-10-23-29(6)17-16-27(2,3)25(34)20(29)12-14-31(23,32)8/h20-24H,10-18H2,1-9H3/t20?,21?,22?,23?,24?,29?,30?,31?,32-/m0/s1. The van der Waals surface area contributed by atoms with Crippen LogP contribution in [0.4, 0.5) is 0 Å². The Hall–Kier alpha value is -1.19. The van der Waals surface area contributed by atoms with E-state index in [4.69, 9.17) is 4.74 Å². The second kappa shape index (κ2) is 7.69. The molecular formula is C32H50O4. The maximum Gasteiger partial charge on any atom is 0.303 e. The van der Waals surface area contributed by atoms with Gasteiger partial charge >= 0.3 is 5.97 Å². The first kappa shape index (κ1) is 26.4. The Morgan fingerprint density at radius 2 is 1.25 bits per heavy atom. The Morgan fingerprint density at radius 1 is 0.694 bits per heavy atom. The molecular weight excluding hydrogens is 448 g/mol. The quantitative estimate of drug-likeness (QED) is 0.359. The van der Waals surface area contributed by atoms with Crippen molar-refractivity contribution in [2.45, 2.75) is 126 Å². The van der Waals surface area contributed by atoms with Gasteiger partial charge in [-0.25, -0.2) is 0 Å². The predicted molar refractivity (Wildman–Crippen MR) is 141 cm³/mol. The number of esters is 1. The Balaban J connectivity index is 1.54. The molecule has 5 rings (SSSR count). The smallest absolute Gasteiger partial charge is 0.303 e. The molecule has 0 saturated heterocycles. The molecule has 0 aromatic heterocycles. The van der Waals surface area contributed by atoms with Gasteiger partial charge in [0.1, 0.15) is 5.78 Å². The van der Waals surface area contributed by atoms with Crippen LogP contribution in [0.15, 0.2) is 0 Å². The van der Waals surface area contributed by atoms with Crippen LogP contribution in [0.1, 0.15) is 120 Å². The summed E-state index contributed by atoms with van der Waals surface area (Å²) in [6.45, 7) is 20.0. The van der Waals surface area contributed by atoms with Crippen molar-refractivity contribution < 1.29 is 19.1 Å². The van der Waals surface area contributed by atoms with E-state index < -0.39 is 11.5 Å². The molecule has 5 aliphatic carbocycles. The molecule has 4 nitrogen and oxygen atoms in total. The van der Waals surface area contributed by atoms with Gasteiger partial charge in [-0.1, -0.05) is 55.4 Å². The van der Waals surface area contributed by atoms with Crippen LogP contribution in [0.2, 0.25) is 0 Å². The molecule has 5 aliphatic rings. The Labute approximate surface area is 219 Å². The van der Waals surface area contributed by atoms with E-state index in [-0.39, 0.29) is 44.7 Å². The summed E-state index contributed by atoms with van der Waals surface area (Å²) in [7, 11) is 0. The van der Waals surface area contributed by atoms with Crippen LogP contribution < -0.4 is 0 Å². The number of rotatable bonds is 1. The number of carbonyl (C=O) groups excluding carboxylic acids is 3. The number of Topliss-reactive ketones (excluding diaryl/α,β-unsaturated/α-hetero) is 2. The fourth-order valence-corrected chi connectivity index (χ4v) is 11.6. The Bertz CT molecular complexity index is 994. The van der Waals surface area contributed by atoms with E-state index >= 15 is 0 Å². The highest BCUT2D eigenvalue weighted by atomic mass is 16.5. The second-order valence-electron chi connectivity index (χ2n) is 15.8. The van der Waals surface area contributed by atoms with Crippen LogP contribution in [0.5, 0.6) is 0 Å². The van der Waals surface area contributed by atoms with Crippen molar-refractivity contribution in [2.24, 2.45) is 56.2 Å². The highest BCUT2D eigenvalue weighted by molar-refractivity contribution is 5.91. The number of ether oxygens (including phenoxy) is 1. The third kappa shape index (κ3) is 3.14. The van der Waals surface area contributed by atoms with Crippen LogP contribution in [0.3, 0.4) is 0 Å². The third-order valence-electron chi connectivity index (χ3n) is 13.7. The summed E-state index contributed by atoms with van der Waals surface area (Å²) in [4.78, 5) is 39.1. The topological polar surface area (TPSA) is 60.4 Å². The molecule has 0 amide bonds. The van der Waals surface area contributed by atoms with Crippen molar-refractivity contribution in [1.82, 2.24) is 0 Å². The van der Waals surface area contributed by atoms with Gasteiger partial charge in [-0.05, 0) is 97.2 Å². The van der Waals surface area contributed by atoms with Crippen molar-refractivity contribution in [1.29, 1.82) is 0 Å². The molecule has 4 heteroatoms. The minimum Gasteiger partial charge on any atom is -0.455 e. The van der Waals surface area contributed by atoms with Crippen LogP contribution in [-0.2, 0) is 19.1 Å². The highest BCUT2D eigenvalue weighted by Gasteiger charge is 2.72. The molecule has 0 radical (unpaired) electrons. The van der Waals surface area contributed by atoms with Crippen molar-refractivity contribution in [2.75, 3.05) is 0 Å². The van der Waals surface area contributed by atoms with E-state index in [0.29, 0.717) is 30.0 Å². The highest BCUT2D eigenvalue weighted by Crippen LogP contribution is 2.77. The first-order chi connectivity index (χ1) is 16.4. The maximum atomic E-state index is 13.6. The van der Waals surface area contributed by atoms with Gasteiger partial charge in [0.15, 0.2) is 11.9 Å². The van der Waals surface area contributed by atoms with Crippen molar-refractivity contribution >= 4 is 17.5 Å². The second-order valence-corrected chi connectivity index (χ2v) is 15.8. The molecule has 0 aromatic rings. The lowest BCUT2D eigenvalue weighted by atomic mass is 9.30. The Morgan fingerprint density at radius 3 is 1.83 bits per heavy atom. The SMILES string of the molecule is CC(=O)OC1CC2(C)C(CC[C@@]3(C)C2CCC2C4(C)CCC(C)(C)C(=O)C4CCC23C)C(C)(C)C1=O. The summed E-state index contributed by atoms with van der Waals surface area (Å²) < 4.78 is 5.69. The number of fused-ring (bicyclic) bond motifs is 7. The average Bonchev–Trinajstić information content (AvgIpc) is 2.75. The largest absolute Gasteiger partial charge is 0.455 e. The van der Waals surface area contributed by atoms with Gasteiger partial charge in [0.2, 0.25) is 0 Å².